The third-order valence-corrected chi connectivity index (χ3v) is 3.47. The molecule has 3 N–H and O–H groups in total. The molecule has 0 amide bonds. The molecule has 0 bridgehead atoms. The highest BCUT2D eigenvalue weighted by atomic mass is 79.9. The van der Waals surface area contributed by atoms with Gasteiger partial charge in [0.05, 0.1) is 27.9 Å². The Kier molecular flexibility index (Phi) is 5.17. The van der Waals surface area contributed by atoms with Gasteiger partial charge in [0.2, 0.25) is 0 Å². The number of para-hydroxylation sites is 1. The molecule has 0 aliphatic carbocycles. The normalized spacial score (nSPS) is 10.7. The molecule has 0 aliphatic rings. The van der Waals surface area contributed by atoms with Gasteiger partial charge in [-0.2, -0.15) is 5.26 Å². The molecule has 0 unspecified atom stereocenters. The lowest BCUT2D eigenvalue weighted by Gasteiger charge is -2.13. The Balaban J connectivity index is 2.29. The van der Waals surface area contributed by atoms with Crippen LogP contribution in [0.2, 0.25) is 0 Å². The predicted octanol–water partition coefficient (Wildman–Crippen LogP) is 3.63. The fourth-order valence-corrected chi connectivity index (χ4v) is 2.14. The summed E-state index contributed by atoms with van der Waals surface area (Å²) >= 11 is 3.34. The third-order valence-electron chi connectivity index (χ3n) is 2.77. The fourth-order valence-electron chi connectivity index (χ4n) is 1.76. The highest BCUT2D eigenvalue weighted by molar-refractivity contribution is 9.10. The van der Waals surface area contributed by atoms with Crippen LogP contribution in [0.1, 0.15) is 5.56 Å². The van der Waals surface area contributed by atoms with Crippen LogP contribution in [-0.2, 0) is 0 Å². The van der Waals surface area contributed by atoms with Crippen molar-refractivity contribution in [3.8, 4) is 11.8 Å². The summed E-state index contributed by atoms with van der Waals surface area (Å²) in [5.74, 6) is -0.130. The molecule has 2 aromatic rings. The molecular weight excluding hydrogens is 364 g/mol. The highest BCUT2D eigenvalue weighted by Crippen LogP contribution is 2.27. The number of nitrogens with one attached hydrogen (secondary N) is 2. The van der Waals surface area contributed by atoms with Crippen LogP contribution in [0, 0.1) is 21.4 Å². The standard InChI is InChI=1S/C15H11BrN4O3/c16-11-3-1-2-4-12(11)18-15(9-20(22)23)19-13-6-5-10(8-17)7-14(13)21/h1-7,9,18-19,21H. The van der Waals surface area contributed by atoms with Crippen LogP contribution < -0.4 is 10.6 Å². The van der Waals surface area contributed by atoms with Crippen LogP contribution >= 0.6 is 15.9 Å². The molecule has 0 saturated carbocycles. The molecule has 0 fully saturated rings. The van der Waals surface area contributed by atoms with E-state index >= 15 is 0 Å². The Morgan fingerprint density at radius 3 is 2.57 bits per heavy atom. The predicted molar refractivity (Wildman–Crippen MR) is 89.3 cm³/mol. The summed E-state index contributed by atoms with van der Waals surface area (Å²) in [6.07, 6.45) is 0.747. The van der Waals surface area contributed by atoms with Crippen molar-refractivity contribution in [2.45, 2.75) is 0 Å². The molecule has 116 valence electrons. The van der Waals surface area contributed by atoms with Crippen molar-refractivity contribution in [1.29, 1.82) is 5.26 Å². The zero-order chi connectivity index (χ0) is 16.8. The number of hydrogen-bond donors (Lipinski definition) is 3. The van der Waals surface area contributed by atoms with Gasteiger partial charge in [0.15, 0.2) is 5.82 Å². The topological polar surface area (TPSA) is 111 Å². The van der Waals surface area contributed by atoms with Gasteiger partial charge in [0.25, 0.3) is 6.20 Å². The van der Waals surface area contributed by atoms with Gasteiger partial charge in [0, 0.05) is 4.47 Å². The number of hydrogen-bond acceptors (Lipinski definition) is 6. The minimum Gasteiger partial charge on any atom is -0.506 e. The van der Waals surface area contributed by atoms with E-state index in [1.807, 2.05) is 12.1 Å². The number of phenolic OH excluding ortho intramolecular Hbond substituents is 1. The Morgan fingerprint density at radius 1 is 1.26 bits per heavy atom. The number of rotatable bonds is 5. The summed E-state index contributed by atoms with van der Waals surface area (Å²) in [5.41, 5.74) is 1.13. The van der Waals surface area contributed by atoms with Crippen molar-refractivity contribution < 1.29 is 10.0 Å². The van der Waals surface area contributed by atoms with Crippen LogP contribution in [0.3, 0.4) is 0 Å². The molecule has 2 rings (SSSR count). The van der Waals surface area contributed by atoms with E-state index in [-0.39, 0.29) is 22.8 Å². The van der Waals surface area contributed by atoms with E-state index in [9.17, 15) is 15.2 Å². The van der Waals surface area contributed by atoms with Crippen molar-refractivity contribution >= 4 is 27.3 Å². The molecule has 8 heteroatoms. The summed E-state index contributed by atoms with van der Waals surface area (Å²) < 4.78 is 0.722. The molecule has 0 aliphatic heterocycles. The van der Waals surface area contributed by atoms with E-state index in [0.29, 0.717) is 5.69 Å². The van der Waals surface area contributed by atoms with Gasteiger partial charge in [-0.3, -0.25) is 10.1 Å². The van der Waals surface area contributed by atoms with E-state index in [4.69, 9.17) is 5.26 Å². The lowest BCUT2D eigenvalue weighted by atomic mass is 10.2. The van der Waals surface area contributed by atoms with E-state index in [1.54, 1.807) is 18.2 Å². The number of nitrogens with zero attached hydrogens (tertiary/aromatic N) is 2. The molecular formula is C15H11BrN4O3. The number of anilines is 2. The number of aromatic hydroxyl groups is 1. The molecule has 2 aromatic carbocycles. The number of nitriles is 1. The minimum absolute atomic E-state index is 0.0573. The first-order valence-electron chi connectivity index (χ1n) is 6.36. The van der Waals surface area contributed by atoms with Crippen LogP contribution in [-0.4, -0.2) is 10.0 Å². The minimum atomic E-state index is -0.618. The Morgan fingerprint density at radius 2 is 1.96 bits per heavy atom. The largest absolute Gasteiger partial charge is 0.506 e. The second-order valence-electron chi connectivity index (χ2n) is 4.40. The van der Waals surface area contributed by atoms with Crippen LogP contribution in [0.25, 0.3) is 0 Å². The SMILES string of the molecule is N#Cc1ccc(NC(=C[N+](=O)[O-])Nc2ccccc2Br)c(O)c1. The highest BCUT2D eigenvalue weighted by Gasteiger charge is 2.10. The second kappa shape index (κ2) is 7.29. The van der Waals surface area contributed by atoms with Crippen LogP contribution in [0.5, 0.6) is 5.75 Å². The van der Waals surface area contributed by atoms with Crippen LogP contribution in [0.4, 0.5) is 11.4 Å². The van der Waals surface area contributed by atoms with E-state index < -0.39 is 4.92 Å². The first-order valence-corrected chi connectivity index (χ1v) is 7.16. The third kappa shape index (κ3) is 4.46. The van der Waals surface area contributed by atoms with Gasteiger partial charge in [-0.05, 0) is 46.3 Å². The molecule has 0 saturated heterocycles. The van der Waals surface area contributed by atoms with Gasteiger partial charge < -0.3 is 15.7 Å². The molecule has 7 nitrogen and oxygen atoms in total. The molecule has 0 atom stereocenters. The smallest absolute Gasteiger partial charge is 0.274 e. The first-order chi connectivity index (χ1) is 11.0. The van der Waals surface area contributed by atoms with E-state index in [1.165, 1.54) is 18.2 Å². The lowest BCUT2D eigenvalue weighted by Crippen LogP contribution is -2.12. The maximum Gasteiger partial charge on any atom is 0.274 e. The number of halogens is 1. The lowest BCUT2D eigenvalue weighted by molar-refractivity contribution is -0.403. The van der Waals surface area contributed by atoms with E-state index in [2.05, 4.69) is 26.6 Å². The summed E-state index contributed by atoms with van der Waals surface area (Å²) in [4.78, 5) is 10.2. The first kappa shape index (κ1) is 16.3. The Hall–Kier alpha value is -3.05. The van der Waals surface area contributed by atoms with E-state index in [0.717, 1.165) is 10.7 Å². The Bertz CT molecular complexity index is 815. The average Bonchev–Trinajstić information content (AvgIpc) is 2.51. The maximum atomic E-state index is 10.8. The number of phenols is 1. The van der Waals surface area contributed by atoms with Crippen LogP contribution in [0.15, 0.2) is 59.0 Å². The molecule has 0 heterocycles. The van der Waals surface area contributed by atoms with Gasteiger partial charge in [-0.15, -0.1) is 0 Å². The second-order valence-corrected chi connectivity index (χ2v) is 5.26. The van der Waals surface area contributed by atoms with Crippen molar-refractivity contribution in [2.24, 2.45) is 0 Å². The molecule has 0 aromatic heterocycles. The Labute approximate surface area is 140 Å². The maximum absolute atomic E-state index is 10.8. The average molecular weight is 375 g/mol. The summed E-state index contributed by atoms with van der Waals surface area (Å²) in [6.45, 7) is 0. The summed E-state index contributed by atoms with van der Waals surface area (Å²) in [6, 6.07) is 13.2. The molecule has 0 radical (unpaired) electrons. The van der Waals surface area contributed by atoms with Gasteiger partial charge >= 0.3 is 0 Å². The number of benzene rings is 2. The van der Waals surface area contributed by atoms with Crippen molar-refractivity contribution in [3.63, 3.8) is 0 Å². The van der Waals surface area contributed by atoms with Crippen molar-refractivity contribution in [3.05, 3.63) is 74.6 Å². The zero-order valence-electron chi connectivity index (χ0n) is 11.7. The quantitative estimate of drug-likeness (QED) is 0.418. The van der Waals surface area contributed by atoms with Gasteiger partial charge in [-0.1, -0.05) is 12.1 Å². The monoisotopic (exact) mass is 374 g/mol. The van der Waals surface area contributed by atoms with Gasteiger partial charge in [-0.25, -0.2) is 0 Å². The molecule has 0 spiro atoms. The van der Waals surface area contributed by atoms with Crippen molar-refractivity contribution in [1.82, 2.24) is 0 Å². The molecule has 23 heavy (non-hydrogen) atoms. The fraction of sp³-hybridized carbons (Fsp3) is 0. The summed E-state index contributed by atoms with van der Waals surface area (Å²) in [7, 11) is 0. The zero-order valence-corrected chi connectivity index (χ0v) is 13.2. The van der Waals surface area contributed by atoms with Gasteiger partial charge in [0.1, 0.15) is 5.75 Å². The number of nitro groups is 1. The van der Waals surface area contributed by atoms with Crippen molar-refractivity contribution in [2.75, 3.05) is 10.6 Å². The summed E-state index contributed by atoms with van der Waals surface area (Å²) in [5, 5.41) is 35.1.